The van der Waals surface area contributed by atoms with Crippen molar-refractivity contribution >= 4 is 33.4 Å². The van der Waals surface area contributed by atoms with Crippen molar-refractivity contribution in [1.29, 1.82) is 0 Å². The average Bonchev–Trinajstić information content (AvgIpc) is 2.91. The van der Waals surface area contributed by atoms with Gasteiger partial charge in [-0.25, -0.2) is 0 Å². The van der Waals surface area contributed by atoms with Gasteiger partial charge < -0.3 is 24.1 Å². The van der Waals surface area contributed by atoms with Gasteiger partial charge in [0.05, 0.1) is 32.4 Å². The lowest BCUT2D eigenvalue weighted by atomic mass is 9.69. The van der Waals surface area contributed by atoms with Crippen LogP contribution in [0, 0.1) is 5.92 Å². The number of hydrogen-bond acceptors (Lipinski definition) is 8. The van der Waals surface area contributed by atoms with Gasteiger partial charge in [0.1, 0.15) is 5.92 Å². The van der Waals surface area contributed by atoms with E-state index in [9.17, 15) is 14.7 Å². The number of phenols is 1. The Morgan fingerprint density at radius 2 is 1.71 bits per heavy atom. The van der Waals surface area contributed by atoms with Gasteiger partial charge in [-0.05, 0) is 77.0 Å². The van der Waals surface area contributed by atoms with E-state index >= 15 is 0 Å². The number of methoxy groups -OCH3 is 3. The minimum absolute atomic E-state index is 0.0553. The second-order valence-corrected chi connectivity index (χ2v) is 10.3. The highest BCUT2D eigenvalue weighted by atomic mass is 79.9. The van der Waals surface area contributed by atoms with Crippen LogP contribution >= 0.6 is 15.9 Å². The van der Waals surface area contributed by atoms with Gasteiger partial charge >= 0.3 is 5.97 Å². The number of rotatable bonds is 8. The third-order valence-corrected chi connectivity index (χ3v) is 7.70. The number of carbonyl (C=O) groups excluding carboxylic acids is 2. The fraction of sp³-hybridized carbons (Fsp3) is 0.414. The van der Waals surface area contributed by atoms with Crippen LogP contribution in [-0.2, 0) is 14.3 Å². The molecule has 2 aromatic carbocycles. The molecule has 202 valence electrons. The lowest BCUT2D eigenvalue weighted by molar-refractivity contribution is -0.146. The van der Waals surface area contributed by atoms with Gasteiger partial charge in [-0.2, -0.15) is 0 Å². The van der Waals surface area contributed by atoms with Gasteiger partial charge in [0.15, 0.2) is 28.8 Å². The summed E-state index contributed by atoms with van der Waals surface area (Å²) in [5.74, 6) is -0.624. The van der Waals surface area contributed by atoms with Crippen molar-refractivity contribution in [2.24, 2.45) is 10.9 Å². The van der Waals surface area contributed by atoms with Gasteiger partial charge in [0, 0.05) is 29.3 Å². The Balaban J connectivity index is 1.82. The first kappa shape index (κ1) is 27.7. The predicted molar refractivity (Wildman–Crippen MR) is 147 cm³/mol. The summed E-state index contributed by atoms with van der Waals surface area (Å²) in [4.78, 5) is 31.9. The molecule has 0 saturated carbocycles. The highest BCUT2D eigenvalue weighted by Crippen LogP contribution is 2.49. The van der Waals surface area contributed by atoms with Crippen LogP contribution in [0.25, 0.3) is 0 Å². The molecule has 0 saturated heterocycles. The number of nitrogens with zero attached hydrogens (tertiary/aromatic N) is 1. The smallest absolute Gasteiger partial charge is 0.315 e. The number of benzene rings is 2. The average molecular weight is 586 g/mol. The van der Waals surface area contributed by atoms with Crippen molar-refractivity contribution in [3.05, 3.63) is 57.2 Å². The number of allylic oxidation sites excluding steroid dienone is 2. The van der Waals surface area contributed by atoms with E-state index in [-0.39, 0.29) is 36.2 Å². The fourth-order valence-electron chi connectivity index (χ4n) is 5.29. The van der Waals surface area contributed by atoms with Crippen LogP contribution in [0.4, 0.5) is 0 Å². The number of carbonyl (C=O) groups is 2. The molecule has 0 bridgehead atoms. The normalized spacial score (nSPS) is 20.9. The van der Waals surface area contributed by atoms with Gasteiger partial charge in [0.2, 0.25) is 0 Å². The summed E-state index contributed by atoms with van der Waals surface area (Å²) < 4.78 is 22.2. The van der Waals surface area contributed by atoms with Crippen molar-refractivity contribution < 1.29 is 33.6 Å². The van der Waals surface area contributed by atoms with Crippen LogP contribution in [-0.4, -0.2) is 50.5 Å². The first-order valence-electron chi connectivity index (χ1n) is 12.5. The number of Topliss-reactive ketones (excluding diaryl/α,β-unsaturated/α-hetero) is 1. The van der Waals surface area contributed by atoms with Crippen molar-refractivity contribution in [2.75, 3.05) is 27.9 Å². The zero-order chi connectivity index (χ0) is 27.6. The van der Waals surface area contributed by atoms with Gasteiger partial charge in [-0.1, -0.05) is 13.0 Å². The predicted octanol–water partition coefficient (Wildman–Crippen LogP) is 5.71. The molecule has 0 amide bonds. The fourth-order valence-corrected chi connectivity index (χ4v) is 5.75. The summed E-state index contributed by atoms with van der Waals surface area (Å²) in [6.07, 6.45) is 1.46. The van der Waals surface area contributed by atoms with Crippen LogP contribution in [0.5, 0.6) is 23.0 Å². The molecular weight excluding hydrogens is 554 g/mol. The summed E-state index contributed by atoms with van der Waals surface area (Å²) in [6, 6.07) is 9.06. The molecular formula is C29H32BrNO7. The summed E-state index contributed by atoms with van der Waals surface area (Å²) in [7, 11) is 4.61. The van der Waals surface area contributed by atoms with Gasteiger partial charge in [-0.15, -0.1) is 0 Å². The van der Waals surface area contributed by atoms with E-state index in [0.29, 0.717) is 51.4 Å². The Morgan fingerprint density at radius 1 is 1.03 bits per heavy atom. The Morgan fingerprint density at radius 3 is 2.37 bits per heavy atom. The first-order chi connectivity index (χ1) is 18.2. The molecule has 2 aromatic rings. The second-order valence-electron chi connectivity index (χ2n) is 9.43. The van der Waals surface area contributed by atoms with Gasteiger partial charge in [0.25, 0.3) is 0 Å². The quantitative estimate of drug-likeness (QED) is 0.396. The van der Waals surface area contributed by atoms with Gasteiger partial charge in [-0.3, -0.25) is 14.6 Å². The Labute approximate surface area is 230 Å². The van der Waals surface area contributed by atoms with Crippen molar-refractivity contribution in [3.63, 3.8) is 0 Å². The largest absolute Gasteiger partial charge is 0.503 e. The number of halogens is 1. The lowest BCUT2D eigenvalue weighted by Crippen LogP contribution is -2.38. The Hall–Kier alpha value is -3.33. The number of hydrogen-bond donors (Lipinski definition) is 1. The SMILES string of the molecule is CCCOC(=O)C1C(C)=NC2=C(C(=O)C[C@H](c3ccc(OC)c(OC)c3)C2)[C@@H]1c1cc(Br)c(O)c(OC)c1. The highest BCUT2D eigenvalue weighted by Gasteiger charge is 2.45. The number of phenolic OH excluding ortho intramolecular Hbond substituents is 1. The van der Waals surface area contributed by atoms with Crippen LogP contribution in [0.1, 0.15) is 56.1 Å². The minimum atomic E-state index is -0.775. The number of aromatic hydroxyl groups is 1. The zero-order valence-electron chi connectivity index (χ0n) is 22.2. The Bertz CT molecular complexity index is 1320. The molecule has 8 nitrogen and oxygen atoms in total. The molecule has 1 aliphatic carbocycles. The number of aliphatic imine (C=N–C) groups is 1. The molecule has 1 aliphatic heterocycles. The lowest BCUT2D eigenvalue weighted by Gasteiger charge is -2.36. The van der Waals surface area contributed by atoms with Crippen molar-refractivity contribution in [3.8, 4) is 23.0 Å². The molecule has 38 heavy (non-hydrogen) atoms. The topological polar surface area (TPSA) is 104 Å². The number of esters is 1. The maximum Gasteiger partial charge on any atom is 0.315 e. The maximum atomic E-state index is 13.8. The zero-order valence-corrected chi connectivity index (χ0v) is 23.8. The van der Waals surface area contributed by atoms with E-state index in [4.69, 9.17) is 23.9 Å². The molecule has 3 atom stereocenters. The molecule has 1 unspecified atom stereocenters. The number of ketones is 1. The monoisotopic (exact) mass is 585 g/mol. The van der Waals surface area contributed by atoms with E-state index in [1.165, 1.54) is 7.11 Å². The third kappa shape index (κ3) is 5.16. The number of ether oxygens (including phenoxy) is 4. The molecule has 4 rings (SSSR count). The summed E-state index contributed by atoms with van der Waals surface area (Å²) in [5, 5.41) is 10.4. The molecule has 9 heteroatoms. The van der Waals surface area contributed by atoms with Crippen molar-refractivity contribution in [2.45, 2.75) is 44.9 Å². The van der Waals surface area contributed by atoms with E-state index in [0.717, 1.165) is 5.56 Å². The molecule has 0 fully saturated rings. The highest BCUT2D eigenvalue weighted by molar-refractivity contribution is 9.10. The van der Waals surface area contributed by atoms with E-state index in [1.54, 1.807) is 33.3 Å². The molecule has 0 spiro atoms. The second kappa shape index (κ2) is 11.6. The molecule has 1 N–H and O–H groups in total. The molecule has 0 aromatic heterocycles. The Kier molecular flexibility index (Phi) is 8.45. The van der Waals surface area contributed by atoms with Crippen LogP contribution < -0.4 is 14.2 Å². The van der Waals surface area contributed by atoms with Crippen LogP contribution in [0.15, 0.2) is 51.1 Å². The molecule has 0 radical (unpaired) electrons. The summed E-state index contributed by atoms with van der Waals surface area (Å²) >= 11 is 3.39. The summed E-state index contributed by atoms with van der Waals surface area (Å²) in [5.41, 5.74) is 3.35. The van der Waals surface area contributed by atoms with E-state index in [1.807, 2.05) is 25.1 Å². The third-order valence-electron chi connectivity index (χ3n) is 7.10. The molecule has 1 heterocycles. The van der Waals surface area contributed by atoms with Crippen LogP contribution in [0.2, 0.25) is 0 Å². The summed E-state index contributed by atoms with van der Waals surface area (Å²) in [6.45, 7) is 4.00. The van der Waals surface area contributed by atoms with Crippen LogP contribution in [0.3, 0.4) is 0 Å². The standard InChI is InChI=1S/C29H32BrNO7/c1-6-9-38-29(34)25-15(2)31-20-11-17(16-7-8-22(35-3)23(13-16)36-4)12-21(32)27(20)26(25)18-10-19(30)28(33)24(14-18)37-5/h7-8,10,13-14,17,25-26,33H,6,9,11-12H2,1-5H3/t17-,25?,26-/m1/s1. The van der Waals surface area contributed by atoms with E-state index in [2.05, 4.69) is 15.9 Å². The molecule has 2 aliphatic rings. The van der Waals surface area contributed by atoms with Crippen molar-refractivity contribution in [1.82, 2.24) is 0 Å². The maximum absolute atomic E-state index is 13.8. The minimum Gasteiger partial charge on any atom is -0.503 e. The first-order valence-corrected chi connectivity index (χ1v) is 13.3. The van der Waals surface area contributed by atoms with E-state index < -0.39 is 17.8 Å².